The number of nitrogens with two attached hydrogens (primary N) is 1. The maximum Gasteiger partial charge on any atom is 0.416 e. The molecule has 4 saturated carbocycles. The predicted molar refractivity (Wildman–Crippen MR) is 135 cm³/mol. The molecule has 1 aromatic heterocycles. The number of unbranched alkanes of at least 4 members (excludes halogenated alkanes) is 2. The fraction of sp³-hybridized carbons (Fsp3) is 0.621. The van der Waals surface area contributed by atoms with Crippen LogP contribution >= 0.6 is 0 Å². The Balaban J connectivity index is 1.14. The molecule has 4 N–H and O–H groups in total. The Hall–Kier alpha value is -2.84. The summed E-state index contributed by atoms with van der Waals surface area (Å²) in [7, 11) is 0. The number of carbonyl (C=O) groups is 2. The molecule has 4 fully saturated rings. The maximum absolute atomic E-state index is 13.6. The highest BCUT2D eigenvalue weighted by molar-refractivity contribution is 5.86. The van der Waals surface area contributed by atoms with E-state index in [4.69, 9.17) is 5.73 Å². The van der Waals surface area contributed by atoms with Gasteiger partial charge in [0.15, 0.2) is 0 Å². The SMILES string of the molecule is NC(=O)CCCCCC(CNC(=O)C12CC3CC4CC(C1)C42C3)c1ncc(-c2ccc(C(F)(F)F)cc2)[nH]1. The van der Waals surface area contributed by atoms with Gasteiger partial charge in [-0.3, -0.25) is 9.59 Å². The Labute approximate surface area is 220 Å². The van der Waals surface area contributed by atoms with Crippen LogP contribution in [0.15, 0.2) is 30.5 Å². The lowest BCUT2D eigenvalue weighted by Crippen LogP contribution is -2.71. The summed E-state index contributed by atoms with van der Waals surface area (Å²) in [5, 5.41) is 3.30. The van der Waals surface area contributed by atoms with Gasteiger partial charge in [-0.25, -0.2) is 4.98 Å². The van der Waals surface area contributed by atoms with Gasteiger partial charge in [0.25, 0.3) is 0 Å². The summed E-state index contributed by atoms with van der Waals surface area (Å²) in [5.41, 5.74) is 5.93. The molecule has 1 spiro atoms. The van der Waals surface area contributed by atoms with Crippen LogP contribution < -0.4 is 11.1 Å². The van der Waals surface area contributed by atoms with E-state index in [1.807, 2.05) is 0 Å². The summed E-state index contributed by atoms with van der Waals surface area (Å²) in [6, 6.07) is 5.02. The number of halogens is 3. The third-order valence-electron chi connectivity index (χ3n) is 10.3. The maximum atomic E-state index is 13.6. The lowest BCUT2D eigenvalue weighted by molar-refractivity contribution is -0.237. The third-order valence-corrected chi connectivity index (χ3v) is 10.3. The molecule has 0 saturated heterocycles. The van der Waals surface area contributed by atoms with Gasteiger partial charge in [-0.05, 0) is 85.8 Å². The van der Waals surface area contributed by atoms with Gasteiger partial charge in [-0.1, -0.05) is 25.0 Å². The number of nitrogens with one attached hydrogen (secondary N) is 2. The Bertz CT molecular complexity index is 1230. The highest BCUT2D eigenvalue weighted by Crippen LogP contribution is 2.86. The molecule has 0 aliphatic heterocycles. The van der Waals surface area contributed by atoms with Gasteiger partial charge in [0, 0.05) is 18.9 Å². The lowest BCUT2D eigenvalue weighted by Gasteiger charge is -2.71. The average molecular weight is 529 g/mol. The molecule has 2 amide bonds. The van der Waals surface area contributed by atoms with Crippen molar-refractivity contribution < 1.29 is 22.8 Å². The van der Waals surface area contributed by atoms with Gasteiger partial charge >= 0.3 is 6.18 Å². The molecule has 4 aliphatic carbocycles. The van der Waals surface area contributed by atoms with Gasteiger partial charge in [-0.15, -0.1) is 0 Å². The van der Waals surface area contributed by atoms with Crippen LogP contribution in [0.3, 0.4) is 0 Å². The van der Waals surface area contributed by atoms with Crippen molar-refractivity contribution in [1.29, 1.82) is 0 Å². The molecule has 4 aliphatic rings. The van der Waals surface area contributed by atoms with Crippen LogP contribution in [0.4, 0.5) is 13.2 Å². The molecule has 0 radical (unpaired) electrons. The first-order chi connectivity index (χ1) is 18.1. The molecular formula is C29H35F3N4O2. The number of hydrogen-bond donors (Lipinski definition) is 3. The van der Waals surface area contributed by atoms with Crippen LogP contribution in [0.1, 0.15) is 81.5 Å². The molecule has 6 unspecified atom stereocenters. The smallest absolute Gasteiger partial charge is 0.370 e. The quantitative estimate of drug-likeness (QED) is 0.333. The van der Waals surface area contributed by atoms with Crippen molar-refractivity contribution in [2.45, 2.75) is 76.3 Å². The summed E-state index contributed by atoms with van der Waals surface area (Å²) < 4.78 is 38.9. The van der Waals surface area contributed by atoms with Crippen LogP contribution in [0, 0.1) is 28.6 Å². The van der Waals surface area contributed by atoms with Gasteiger partial charge < -0.3 is 16.0 Å². The van der Waals surface area contributed by atoms with Gasteiger partial charge in [0.2, 0.25) is 11.8 Å². The number of fused-ring (bicyclic) bond motifs is 1. The highest BCUT2D eigenvalue weighted by Gasteiger charge is 2.82. The number of carbonyl (C=O) groups excluding carboxylic acids is 2. The summed E-state index contributed by atoms with van der Waals surface area (Å²) in [6.07, 6.45) is 6.70. The zero-order valence-corrected chi connectivity index (χ0v) is 21.4. The van der Waals surface area contributed by atoms with Crippen LogP contribution in [0.2, 0.25) is 0 Å². The van der Waals surface area contributed by atoms with E-state index in [-0.39, 0.29) is 28.6 Å². The first-order valence-corrected chi connectivity index (χ1v) is 13.9. The molecule has 1 heterocycles. The van der Waals surface area contributed by atoms with Crippen molar-refractivity contribution in [3.05, 3.63) is 41.9 Å². The fourth-order valence-electron chi connectivity index (χ4n) is 8.70. The largest absolute Gasteiger partial charge is 0.416 e. The molecule has 38 heavy (non-hydrogen) atoms. The molecule has 6 rings (SSSR count). The van der Waals surface area contributed by atoms with Crippen molar-refractivity contribution in [2.24, 2.45) is 34.3 Å². The number of aromatic nitrogens is 2. The standard InChI is InChI=1S/C29H35F3N4O2/c30-29(31,32)20-8-6-18(7-9-20)23-16-34-25(36-23)19(4-2-1-3-5-24(33)37)15-35-26(38)27-12-17-10-21-11-22(14-27)28(21,27)13-17/h6-9,16-17,19,21-22H,1-5,10-15H2,(H2,33,37)(H,34,36)(H,35,38). The van der Waals surface area contributed by atoms with Crippen molar-refractivity contribution in [2.75, 3.05) is 6.54 Å². The van der Waals surface area contributed by atoms with Gasteiger partial charge in [0.05, 0.1) is 22.9 Å². The molecule has 9 heteroatoms. The Morgan fingerprint density at radius 2 is 1.87 bits per heavy atom. The van der Waals surface area contributed by atoms with E-state index in [1.54, 1.807) is 6.20 Å². The van der Waals surface area contributed by atoms with Crippen molar-refractivity contribution in [3.63, 3.8) is 0 Å². The second-order valence-corrected chi connectivity index (χ2v) is 12.2. The molecule has 1 aromatic carbocycles. The van der Waals surface area contributed by atoms with E-state index in [9.17, 15) is 22.8 Å². The first-order valence-electron chi connectivity index (χ1n) is 13.9. The minimum atomic E-state index is -4.38. The van der Waals surface area contributed by atoms with Gasteiger partial charge in [-0.2, -0.15) is 13.2 Å². The van der Waals surface area contributed by atoms with E-state index in [2.05, 4.69) is 15.3 Å². The zero-order chi connectivity index (χ0) is 26.7. The lowest BCUT2D eigenvalue weighted by atomic mass is 9.32. The number of rotatable bonds is 11. The van der Waals surface area contributed by atoms with Gasteiger partial charge in [0.1, 0.15) is 5.82 Å². The zero-order valence-electron chi connectivity index (χ0n) is 21.4. The topological polar surface area (TPSA) is 101 Å². The van der Waals surface area contributed by atoms with E-state index in [0.29, 0.717) is 36.0 Å². The number of imidazole rings is 1. The third kappa shape index (κ3) is 3.95. The van der Waals surface area contributed by atoms with E-state index >= 15 is 0 Å². The summed E-state index contributed by atoms with van der Waals surface area (Å²) in [4.78, 5) is 32.6. The van der Waals surface area contributed by atoms with Crippen LogP contribution in [0.25, 0.3) is 11.3 Å². The van der Waals surface area contributed by atoms with Crippen LogP contribution in [-0.4, -0.2) is 28.3 Å². The number of hydrogen-bond acceptors (Lipinski definition) is 3. The van der Waals surface area contributed by atoms with E-state index in [1.165, 1.54) is 31.4 Å². The summed E-state index contributed by atoms with van der Waals surface area (Å²) in [5.74, 6) is 2.73. The van der Waals surface area contributed by atoms with Crippen molar-refractivity contribution in [1.82, 2.24) is 15.3 Å². The number of primary amides is 1. The fourth-order valence-corrected chi connectivity index (χ4v) is 8.70. The monoisotopic (exact) mass is 528 g/mol. The second-order valence-electron chi connectivity index (χ2n) is 12.2. The van der Waals surface area contributed by atoms with Crippen LogP contribution in [-0.2, 0) is 15.8 Å². The Kier molecular flexibility index (Phi) is 6.11. The molecule has 6 atom stereocenters. The van der Waals surface area contributed by atoms with E-state index in [0.717, 1.165) is 62.5 Å². The number of aromatic amines is 1. The minimum Gasteiger partial charge on any atom is -0.370 e. The predicted octanol–water partition coefficient (Wildman–Crippen LogP) is 5.56. The number of amides is 2. The normalized spacial score (nSPS) is 31.3. The highest BCUT2D eigenvalue weighted by atomic mass is 19.4. The second kappa shape index (κ2) is 9.12. The number of alkyl halides is 3. The molecule has 2 bridgehead atoms. The van der Waals surface area contributed by atoms with Crippen molar-refractivity contribution in [3.8, 4) is 11.3 Å². The first kappa shape index (κ1) is 25.4. The van der Waals surface area contributed by atoms with Crippen molar-refractivity contribution >= 4 is 11.8 Å². The average Bonchev–Trinajstić information content (AvgIpc) is 3.55. The molecule has 6 nitrogen and oxygen atoms in total. The summed E-state index contributed by atoms with van der Waals surface area (Å²) in [6.45, 7) is 0.465. The molecule has 2 aromatic rings. The number of nitrogens with zero attached hydrogens (tertiary/aromatic N) is 1. The van der Waals surface area contributed by atoms with Crippen LogP contribution in [0.5, 0.6) is 0 Å². The van der Waals surface area contributed by atoms with E-state index < -0.39 is 11.7 Å². The molecule has 204 valence electrons. The Morgan fingerprint density at radius 3 is 2.55 bits per heavy atom. The molecular weight excluding hydrogens is 493 g/mol. The summed E-state index contributed by atoms with van der Waals surface area (Å²) >= 11 is 0. The minimum absolute atomic E-state index is 0.0590. The number of H-pyrrole nitrogens is 1. The Morgan fingerprint density at radius 1 is 1.08 bits per heavy atom. The number of benzene rings is 1.